The molecule has 0 bridgehead atoms. The second kappa shape index (κ2) is 7.06. The topological polar surface area (TPSA) is 79.9 Å². The molecule has 3 aromatic heterocycles. The number of aromatic nitrogens is 3. The molecule has 130 valence electrons. The number of pyridine rings is 1. The van der Waals surface area contributed by atoms with Gasteiger partial charge in [0.25, 0.3) is 0 Å². The molecule has 0 fully saturated rings. The van der Waals surface area contributed by atoms with Crippen molar-refractivity contribution in [3.05, 3.63) is 40.5 Å². The van der Waals surface area contributed by atoms with Crippen molar-refractivity contribution in [1.82, 2.24) is 15.0 Å². The number of methoxy groups -OCH3 is 1. The van der Waals surface area contributed by atoms with E-state index in [9.17, 15) is 4.79 Å². The van der Waals surface area contributed by atoms with Crippen molar-refractivity contribution in [3.8, 4) is 17.3 Å². The van der Waals surface area contributed by atoms with Crippen molar-refractivity contribution in [2.24, 2.45) is 0 Å². The van der Waals surface area contributed by atoms with Crippen LogP contribution in [0, 0.1) is 6.92 Å². The first kappa shape index (κ1) is 17.2. The van der Waals surface area contributed by atoms with Gasteiger partial charge in [0.15, 0.2) is 10.9 Å². The van der Waals surface area contributed by atoms with E-state index in [-0.39, 0.29) is 5.78 Å². The van der Waals surface area contributed by atoms with Gasteiger partial charge in [0.05, 0.1) is 24.7 Å². The van der Waals surface area contributed by atoms with Gasteiger partial charge in [-0.05, 0) is 31.9 Å². The summed E-state index contributed by atoms with van der Waals surface area (Å²) in [7, 11) is 1.58. The number of nitrogens with one attached hydrogen (secondary N) is 2. The highest BCUT2D eigenvalue weighted by atomic mass is 32.1. The van der Waals surface area contributed by atoms with E-state index in [0.717, 1.165) is 45.4 Å². The summed E-state index contributed by atoms with van der Waals surface area (Å²) in [5.41, 5.74) is 5.28. The molecule has 0 radical (unpaired) electrons. The first-order valence-electron chi connectivity index (χ1n) is 7.98. The summed E-state index contributed by atoms with van der Waals surface area (Å²) in [6.45, 7) is 5.57. The van der Waals surface area contributed by atoms with Gasteiger partial charge >= 0.3 is 0 Å². The summed E-state index contributed by atoms with van der Waals surface area (Å²) in [6, 6.07) is 3.68. The summed E-state index contributed by atoms with van der Waals surface area (Å²) < 4.78 is 5.06. The number of carbonyl (C=O) groups excluding carboxylic acids is 1. The molecular formula is C18H20N4O2S. The molecule has 2 N–H and O–H groups in total. The molecular weight excluding hydrogens is 336 g/mol. The Morgan fingerprint density at radius 1 is 1.40 bits per heavy atom. The highest BCUT2D eigenvalue weighted by Crippen LogP contribution is 2.32. The number of Topliss-reactive ketones (excluding diaryl/α,β-unsaturated/α-hetero) is 1. The number of thiazole rings is 1. The molecule has 0 amide bonds. The van der Waals surface area contributed by atoms with Crippen molar-refractivity contribution in [1.29, 1.82) is 0 Å². The minimum atomic E-state index is 0.0785. The van der Waals surface area contributed by atoms with Gasteiger partial charge < -0.3 is 15.0 Å². The Morgan fingerprint density at radius 3 is 2.80 bits per heavy atom. The fourth-order valence-corrected chi connectivity index (χ4v) is 3.59. The van der Waals surface area contributed by atoms with E-state index in [2.05, 4.69) is 20.3 Å². The zero-order valence-corrected chi connectivity index (χ0v) is 15.5. The normalized spacial score (nSPS) is 10.7. The molecule has 25 heavy (non-hydrogen) atoms. The maximum absolute atomic E-state index is 11.9. The Labute approximate surface area is 150 Å². The van der Waals surface area contributed by atoms with Gasteiger partial charge in [-0.15, -0.1) is 11.3 Å². The average Bonchev–Trinajstić information content (AvgIpc) is 3.19. The van der Waals surface area contributed by atoms with Gasteiger partial charge in [-0.25, -0.2) is 9.97 Å². The molecule has 0 saturated carbocycles. The number of hydrogen-bond donors (Lipinski definition) is 2. The number of ketones is 1. The third kappa shape index (κ3) is 3.41. The zero-order valence-electron chi connectivity index (χ0n) is 14.6. The third-order valence-corrected chi connectivity index (χ3v) is 4.71. The number of aromatic amines is 1. The van der Waals surface area contributed by atoms with E-state index in [1.807, 2.05) is 25.3 Å². The lowest BCUT2D eigenvalue weighted by molar-refractivity contribution is 0.101. The van der Waals surface area contributed by atoms with Crippen LogP contribution in [0.25, 0.3) is 11.4 Å². The molecule has 7 heteroatoms. The Hall–Kier alpha value is -2.67. The second-order valence-corrected chi connectivity index (χ2v) is 6.50. The Bertz CT molecular complexity index is 896. The third-order valence-electron chi connectivity index (χ3n) is 3.95. The van der Waals surface area contributed by atoms with Gasteiger partial charge in [-0.1, -0.05) is 6.92 Å². The van der Waals surface area contributed by atoms with Crippen molar-refractivity contribution >= 4 is 27.9 Å². The molecule has 0 atom stereocenters. The maximum atomic E-state index is 11.9. The van der Waals surface area contributed by atoms with E-state index in [1.54, 1.807) is 26.3 Å². The largest absolute Gasteiger partial charge is 0.481 e. The molecule has 0 aromatic carbocycles. The molecule has 0 spiro atoms. The van der Waals surface area contributed by atoms with Gasteiger partial charge in [-0.2, -0.15) is 0 Å². The van der Waals surface area contributed by atoms with Crippen molar-refractivity contribution < 1.29 is 9.53 Å². The van der Waals surface area contributed by atoms with Gasteiger partial charge in [0.2, 0.25) is 5.88 Å². The van der Waals surface area contributed by atoms with Crippen LogP contribution in [0.5, 0.6) is 5.88 Å². The zero-order chi connectivity index (χ0) is 18.0. The lowest BCUT2D eigenvalue weighted by atomic mass is 10.0. The lowest BCUT2D eigenvalue weighted by Crippen LogP contribution is -1.97. The Kier molecular flexibility index (Phi) is 4.85. The molecule has 0 aliphatic carbocycles. The Balaban J connectivity index is 1.88. The molecule has 6 nitrogen and oxygen atoms in total. The number of nitrogens with zero attached hydrogens (tertiary/aromatic N) is 2. The minimum Gasteiger partial charge on any atom is -0.481 e. The molecule has 0 unspecified atom stereocenters. The highest BCUT2D eigenvalue weighted by Gasteiger charge is 2.19. The van der Waals surface area contributed by atoms with Crippen molar-refractivity contribution in [2.45, 2.75) is 27.2 Å². The molecule has 0 aliphatic heterocycles. The van der Waals surface area contributed by atoms with Crippen LogP contribution in [-0.2, 0) is 6.42 Å². The number of H-pyrrole nitrogens is 1. The maximum Gasteiger partial charge on any atom is 0.213 e. The molecule has 3 rings (SSSR count). The second-order valence-electron chi connectivity index (χ2n) is 5.64. The smallest absolute Gasteiger partial charge is 0.213 e. The quantitative estimate of drug-likeness (QED) is 0.642. The summed E-state index contributed by atoms with van der Waals surface area (Å²) in [4.78, 5) is 24.1. The summed E-state index contributed by atoms with van der Waals surface area (Å²) in [5.74, 6) is 0.645. The summed E-state index contributed by atoms with van der Waals surface area (Å²) in [5, 5.41) is 5.98. The predicted molar refractivity (Wildman–Crippen MR) is 100 cm³/mol. The Morgan fingerprint density at radius 2 is 2.20 bits per heavy atom. The van der Waals surface area contributed by atoms with Crippen molar-refractivity contribution in [2.75, 3.05) is 12.4 Å². The molecule has 0 aliphatic rings. The van der Waals surface area contributed by atoms with Crippen LogP contribution < -0.4 is 10.1 Å². The van der Waals surface area contributed by atoms with Gasteiger partial charge in [-0.3, -0.25) is 4.79 Å². The monoisotopic (exact) mass is 356 g/mol. The number of aryl methyl sites for hydroxylation is 1. The van der Waals surface area contributed by atoms with E-state index >= 15 is 0 Å². The standard InChI is InChI=1S/C18H20N4O2S/c1-5-13-16(11(3)23)10(2)20-17(13)14-9-25-18(22-14)21-12-6-7-15(24-4)19-8-12/h6-9,20H,5H2,1-4H3,(H,21,22). The molecule has 0 saturated heterocycles. The van der Waals surface area contributed by atoms with E-state index in [4.69, 9.17) is 4.74 Å². The summed E-state index contributed by atoms with van der Waals surface area (Å²) in [6.07, 6.45) is 2.47. The SMILES string of the molecule is CCc1c(-c2csc(Nc3ccc(OC)nc3)n2)[nH]c(C)c1C(C)=O. The first-order valence-corrected chi connectivity index (χ1v) is 8.86. The van der Waals surface area contributed by atoms with Crippen LogP contribution in [0.2, 0.25) is 0 Å². The summed E-state index contributed by atoms with van der Waals surface area (Å²) >= 11 is 1.51. The minimum absolute atomic E-state index is 0.0785. The van der Waals surface area contributed by atoms with Crippen LogP contribution in [-0.4, -0.2) is 27.8 Å². The van der Waals surface area contributed by atoms with Crippen LogP contribution in [0.3, 0.4) is 0 Å². The number of carbonyl (C=O) groups is 1. The number of anilines is 2. The first-order chi connectivity index (χ1) is 12.0. The van der Waals surface area contributed by atoms with Crippen molar-refractivity contribution in [3.63, 3.8) is 0 Å². The van der Waals surface area contributed by atoms with E-state index < -0.39 is 0 Å². The van der Waals surface area contributed by atoms with E-state index in [0.29, 0.717) is 5.88 Å². The highest BCUT2D eigenvalue weighted by molar-refractivity contribution is 7.14. The fourth-order valence-electron chi connectivity index (χ4n) is 2.87. The molecule has 3 heterocycles. The van der Waals surface area contributed by atoms with E-state index in [1.165, 1.54) is 11.3 Å². The van der Waals surface area contributed by atoms with Gasteiger partial charge in [0.1, 0.15) is 5.69 Å². The lowest BCUT2D eigenvalue weighted by Gasteiger charge is -2.03. The average molecular weight is 356 g/mol. The van der Waals surface area contributed by atoms with Gasteiger partial charge in [0, 0.05) is 22.7 Å². The predicted octanol–water partition coefficient (Wildman–Crippen LogP) is 4.36. The molecule has 3 aromatic rings. The number of rotatable bonds is 6. The van der Waals surface area contributed by atoms with Crippen LogP contribution in [0.15, 0.2) is 23.7 Å². The van der Waals surface area contributed by atoms with Crippen LogP contribution >= 0.6 is 11.3 Å². The van der Waals surface area contributed by atoms with Crippen LogP contribution in [0.1, 0.15) is 35.5 Å². The van der Waals surface area contributed by atoms with Crippen LogP contribution in [0.4, 0.5) is 10.8 Å². The fraction of sp³-hybridized carbons (Fsp3) is 0.278. The number of ether oxygens (including phenoxy) is 1. The number of hydrogen-bond acceptors (Lipinski definition) is 6.